The van der Waals surface area contributed by atoms with Crippen molar-refractivity contribution in [2.24, 2.45) is 0 Å². The number of carbonyl (C=O) groups excluding carboxylic acids is 1. The van der Waals surface area contributed by atoms with Crippen LogP contribution in [0.3, 0.4) is 0 Å². The van der Waals surface area contributed by atoms with Crippen molar-refractivity contribution in [1.29, 1.82) is 5.26 Å². The summed E-state index contributed by atoms with van der Waals surface area (Å²) >= 11 is 6.60. The number of rotatable bonds is 6. The third kappa shape index (κ3) is 5.33. The molecule has 0 fully saturated rings. The van der Waals surface area contributed by atoms with E-state index in [4.69, 9.17) is 10.00 Å². The van der Waals surface area contributed by atoms with Crippen molar-refractivity contribution in [3.63, 3.8) is 0 Å². The van der Waals surface area contributed by atoms with Crippen LogP contribution in [0, 0.1) is 11.3 Å². The summed E-state index contributed by atoms with van der Waals surface area (Å²) in [7, 11) is 0. The van der Waals surface area contributed by atoms with Crippen LogP contribution < -0.4 is 4.74 Å². The molecule has 1 aromatic rings. The largest absolute Gasteiger partial charge is 0.424 e. The molecular formula is C14H15Br2NO2. The molecule has 0 unspecified atom stereocenters. The number of unbranched alkanes of at least 4 members (excludes halogenated alkanes) is 3. The summed E-state index contributed by atoms with van der Waals surface area (Å²) in [6.45, 7) is 2.13. The number of hydrogen-bond donors (Lipinski definition) is 0. The first-order valence-electron chi connectivity index (χ1n) is 6.18. The summed E-state index contributed by atoms with van der Waals surface area (Å²) < 4.78 is 6.51. The Bertz CT molecular complexity index is 472. The van der Waals surface area contributed by atoms with Crippen molar-refractivity contribution in [2.45, 2.75) is 39.0 Å². The lowest BCUT2D eigenvalue weighted by Crippen LogP contribution is -2.08. The number of benzene rings is 1. The van der Waals surface area contributed by atoms with Gasteiger partial charge in [0.05, 0.1) is 20.6 Å². The van der Waals surface area contributed by atoms with Crippen molar-refractivity contribution in [2.75, 3.05) is 0 Å². The van der Waals surface area contributed by atoms with E-state index in [1.165, 1.54) is 0 Å². The van der Waals surface area contributed by atoms with Crippen molar-refractivity contribution < 1.29 is 9.53 Å². The first-order chi connectivity index (χ1) is 9.08. The summed E-state index contributed by atoms with van der Waals surface area (Å²) in [6, 6.07) is 5.30. The second-order valence-corrected chi connectivity index (χ2v) is 5.87. The molecule has 3 nitrogen and oxygen atoms in total. The van der Waals surface area contributed by atoms with Crippen LogP contribution in [0.15, 0.2) is 21.1 Å². The third-order valence-corrected chi connectivity index (χ3v) is 3.76. The molecule has 102 valence electrons. The molecule has 0 bridgehead atoms. The maximum Gasteiger partial charge on any atom is 0.311 e. The number of ether oxygens (including phenoxy) is 1. The van der Waals surface area contributed by atoms with Gasteiger partial charge in [-0.2, -0.15) is 5.26 Å². The van der Waals surface area contributed by atoms with E-state index in [0.717, 1.165) is 25.7 Å². The highest BCUT2D eigenvalue weighted by Crippen LogP contribution is 2.34. The summed E-state index contributed by atoms with van der Waals surface area (Å²) in [5, 5.41) is 8.83. The Morgan fingerprint density at radius 3 is 2.42 bits per heavy atom. The molecule has 0 aliphatic heterocycles. The molecule has 0 aliphatic carbocycles. The van der Waals surface area contributed by atoms with Crippen LogP contribution in [0.25, 0.3) is 0 Å². The maximum absolute atomic E-state index is 11.7. The van der Waals surface area contributed by atoms with E-state index >= 15 is 0 Å². The first-order valence-corrected chi connectivity index (χ1v) is 7.77. The van der Waals surface area contributed by atoms with Gasteiger partial charge in [-0.05, 0) is 50.4 Å². The molecule has 0 saturated heterocycles. The summed E-state index contributed by atoms with van der Waals surface area (Å²) in [6.07, 6.45) is 4.58. The highest BCUT2D eigenvalue weighted by atomic mass is 79.9. The third-order valence-electron chi connectivity index (χ3n) is 2.58. The van der Waals surface area contributed by atoms with Crippen LogP contribution in [0.1, 0.15) is 44.6 Å². The molecule has 1 aromatic carbocycles. The van der Waals surface area contributed by atoms with E-state index in [1.807, 2.05) is 6.07 Å². The van der Waals surface area contributed by atoms with Gasteiger partial charge in [0.2, 0.25) is 0 Å². The predicted molar refractivity (Wildman–Crippen MR) is 81.0 cm³/mol. The minimum absolute atomic E-state index is 0.248. The standard InChI is InChI=1S/C14H15Br2NO2/c1-2-3-4-5-6-13(18)19-14-11(15)7-10(9-17)8-12(14)16/h7-8H,2-6H2,1H3. The number of halogens is 2. The van der Waals surface area contributed by atoms with Crippen LogP contribution in [-0.2, 0) is 4.79 Å². The van der Waals surface area contributed by atoms with E-state index < -0.39 is 0 Å². The lowest BCUT2D eigenvalue weighted by molar-refractivity contribution is -0.134. The Balaban J connectivity index is 2.62. The molecule has 1 rings (SSSR count). The minimum Gasteiger partial charge on any atom is -0.424 e. The fraction of sp³-hybridized carbons (Fsp3) is 0.429. The summed E-state index contributed by atoms with van der Waals surface area (Å²) in [5.74, 6) is 0.182. The molecule has 0 radical (unpaired) electrons. The lowest BCUT2D eigenvalue weighted by atomic mass is 10.1. The fourth-order valence-corrected chi connectivity index (χ4v) is 2.93. The number of esters is 1. The van der Waals surface area contributed by atoms with Gasteiger partial charge in [0, 0.05) is 6.42 Å². The zero-order valence-electron chi connectivity index (χ0n) is 10.7. The number of hydrogen-bond acceptors (Lipinski definition) is 3. The van der Waals surface area contributed by atoms with E-state index in [9.17, 15) is 4.79 Å². The van der Waals surface area contributed by atoms with Crippen LogP contribution in [0.5, 0.6) is 5.75 Å². The highest BCUT2D eigenvalue weighted by Gasteiger charge is 2.13. The van der Waals surface area contributed by atoms with Gasteiger partial charge in [0.25, 0.3) is 0 Å². The molecule has 0 aliphatic rings. The van der Waals surface area contributed by atoms with E-state index in [1.54, 1.807) is 12.1 Å². The van der Waals surface area contributed by atoms with E-state index in [0.29, 0.717) is 26.7 Å². The molecule has 5 heteroatoms. The predicted octanol–water partition coefficient (Wildman–Crippen LogP) is 4.96. The molecule has 0 N–H and O–H groups in total. The topological polar surface area (TPSA) is 50.1 Å². The van der Waals surface area contributed by atoms with Crippen LogP contribution in [0.2, 0.25) is 0 Å². The first kappa shape index (κ1) is 16.2. The molecule has 19 heavy (non-hydrogen) atoms. The number of nitriles is 1. The smallest absolute Gasteiger partial charge is 0.311 e. The zero-order chi connectivity index (χ0) is 14.3. The van der Waals surface area contributed by atoms with Gasteiger partial charge in [-0.1, -0.05) is 26.2 Å². The SMILES string of the molecule is CCCCCCC(=O)Oc1c(Br)cc(C#N)cc1Br. The van der Waals surface area contributed by atoms with E-state index in [-0.39, 0.29) is 5.97 Å². The van der Waals surface area contributed by atoms with Gasteiger partial charge in [-0.15, -0.1) is 0 Å². The van der Waals surface area contributed by atoms with Gasteiger partial charge in [-0.3, -0.25) is 4.79 Å². The normalized spacial score (nSPS) is 10.0. The fourth-order valence-electron chi connectivity index (χ4n) is 1.58. The van der Waals surface area contributed by atoms with Gasteiger partial charge in [0.15, 0.2) is 5.75 Å². The molecule has 0 amide bonds. The Kier molecular flexibility index (Phi) is 7.11. The monoisotopic (exact) mass is 387 g/mol. The van der Waals surface area contributed by atoms with Crippen molar-refractivity contribution in [3.05, 3.63) is 26.6 Å². The molecular weight excluding hydrogens is 374 g/mol. The molecule has 0 saturated carbocycles. The lowest BCUT2D eigenvalue weighted by Gasteiger charge is -2.09. The van der Waals surface area contributed by atoms with Gasteiger partial charge in [0.1, 0.15) is 0 Å². The van der Waals surface area contributed by atoms with Crippen LogP contribution >= 0.6 is 31.9 Å². The maximum atomic E-state index is 11.7. The number of carbonyl (C=O) groups is 1. The van der Waals surface area contributed by atoms with E-state index in [2.05, 4.69) is 38.8 Å². The molecule has 0 spiro atoms. The number of nitrogens with zero attached hydrogens (tertiary/aromatic N) is 1. The van der Waals surface area contributed by atoms with Crippen molar-refractivity contribution >= 4 is 37.8 Å². The average molecular weight is 389 g/mol. The van der Waals surface area contributed by atoms with Gasteiger partial charge in [-0.25, -0.2) is 0 Å². The Labute approximate surface area is 130 Å². The molecule has 0 atom stereocenters. The van der Waals surface area contributed by atoms with Crippen molar-refractivity contribution in [3.8, 4) is 11.8 Å². The van der Waals surface area contributed by atoms with Crippen LogP contribution in [-0.4, -0.2) is 5.97 Å². The Hall–Kier alpha value is -0.860. The average Bonchev–Trinajstić information content (AvgIpc) is 2.38. The summed E-state index contributed by atoms with van der Waals surface area (Å²) in [4.78, 5) is 11.7. The van der Waals surface area contributed by atoms with Gasteiger partial charge < -0.3 is 4.74 Å². The van der Waals surface area contributed by atoms with Crippen LogP contribution in [0.4, 0.5) is 0 Å². The van der Waals surface area contributed by atoms with Gasteiger partial charge >= 0.3 is 5.97 Å². The molecule has 0 heterocycles. The Morgan fingerprint density at radius 2 is 1.89 bits per heavy atom. The minimum atomic E-state index is -0.248. The quantitative estimate of drug-likeness (QED) is 0.393. The zero-order valence-corrected chi connectivity index (χ0v) is 13.9. The summed E-state index contributed by atoms with van der Waals surface area (Å²) in [5.41, 5.74) is 0.501. The second kappa shape index (κ2) is 8.34. The molecule has 0 aromatic heterocycles. The highest BCUT2D eigenvalue weighted by molar-refractivity contribution is 9.11. The Morgan fingerprint density at radius 1 is 1.26 bits per heavy atom. The van der Waals surface area contributed by atoms with Crippen molar-refractivity contribution in [1.82, 2.24) is 0 Å². The second-order valence-electron chi connectivity index (χ2n) is 4.17.